The highest BCUT2D eigenvalue weighted by Gasteiger charge is 2.09. The topological polar surface area (TPSA) is 64.4 Å². The molecule has 0 saturated heterocycles. The molecule has 0 aliphatic carbocycles. The molecule has 1 amide bonds. The lowest BCUT2D eigenvalue weighted by Gasteiger charge is -2.08. The summed E-state index contributed by atoms with van der Waals surface area (Å²) < 4.78 is 33.7. The second-order valence-electron chi connectivity index (χ2n) is 4.80. The third-order valence-corrected chi connectivity index (χ3v) is 3.18. The van der Waals surface area contributed by atoms with E-state index >= 15 is 0 Å². The molecule has 0 fully saturated rings. The SMILES string of the molecule is O=C(Nc1cccc(-c2cnco2)c1)c1ccc(OC(F)F)cc1. The molecule has 0 bridgehead atoms. The van der Waals surface area contributed by atoms with Gasteiger partial charge in [0, 0.05) is 16.8 Å². The van der Waals surface area contributed by atoms with Gasteiger partial charge in [0.2, 0.25) is 0 Å². The first-order valence-corrected chi connectivity index (χ1v) is 6.97. The van der Waals surface area contributed by atoms with Gasteiger partial charge in [-0.2, -0.15) is 8.78 Å². The number of alkyl halides is 2. The Morgan fingerprint density at radius 2 is 1.96 bits per heavy atom. The molecular weight excluding hydrogens is 318 g/mol. The number of nitrogens with one attached hydrogen (secondary N) is 1. The number of halogens is 2. The van der Waals surface area contributed by atoms with Crippen LogP contribution < -0.4 is 10.1 Å². The van der Waals surface area contributed by atoms with Crippen LogP contribution in [0.15, 0.2) is 65.5 Å². The monoisotopic (exact) mass is 330 g/mol. The van der Waals surface area contributed by atoms with Crippen molar-refractivity contribution in [3.63, 3.8) is 0 Å². The van der Waals surface area contributed by atoms with Gasteiger partial charge < -0.3 is 14.5 Å². The van der Waals surface area contributed by atoms with Crippen molar-refractivity contribution in [2.24, 2.45) is 0 Å². The van der Waals surface area contributed by atoms with Crippen molar-refractivity contribution in [3.05, 3.63) is 66.7 Å². The maximum atomic E-state index is 12.2. The Morgan fingerprint density at radius 3 is 2.62 bits per heavy atom. The summed E-state index contributed by atoms with van der Waals surface area (Å²) in [4.78, 5) is 16.1. The van der Waals surface area contributed by atoms with E-state index in [0.717, 1.165) is 5.56 Å². The van der Waals surface area contributed by atoms with Crippen LogP contribution in [-0.2, 0) is 0 Å². The first kappa shape index (κ1) is 15.7. The third-order valence-electron chi connectivity index (χ3n) is 3.18. The normalized spacial score (nSPS) is 10.6. The summed E-state index contributed by atoms with van der Waals surface area (Å²) in [5.74, 6) is 0.210. The average Bonchev–Trinajstić information content (AvgIpc) is 3.10. The minimum absolute atomic E-state index is 0.00568. The molecule has 0 unspecified atom stereocenters. The molecule has 0 aliphatic rings. The number of carbonyl (C=O) groups is 1. The van der Waals surface area contributed by atoms with Gasteiger partial charge in [-0.15, -0.1) is 0 Å². The molecule has 5 nitrogen and oxygen atoms in total. The number of hydrogen-bond acceptors (Lipinski definition) is 4. The number of hydrogen-bond donors (Lipinski definition) is 1. The zero-order chi connectivity index (χ0) is 16.9. The molecule has 1 heterocycles. The molecule has 3 rings (SSSR count). The Morgan fingerprint density at radius 1 is 1.17 bits per heavy atom. The van der Waals surface area contributed by atoms with Crippen molar-refractivity contribution in [3.8, 4) is 17.1 Å². The van der Waals surface area contributed by atoms with Gasteiger partial charge in [0.05, 0.1) is 6.20 Å². The number of rotatable bonds is 5. The molecule has 0 atom stereocenters. The van der Waals surface area contributed by atoms with Crippen LogP contribution in [0.5, 0.6) is 5.75 Å². The van der Waals surface area contributed by atoms with Gasteiger partial charge in [0.25, 0.3) is 5.91 Å². The van der Waals surface area contributed by atoms with E-state index in [4.69, 9.17) is 4.42 Å². The minimum Gasteiger partial charge on any atom is -0.444 e. The highest BCUT2D eigenvalue weighted by atomic mass is 19.3. The fourth-order valence-corrected chi connectivity index (χ4v) is 2.10. The zero-order valence-electron chi connectivity index (χ0n) is 12.3. The van der Waals surface area contributed by atoms with Gasteiger partial charge in [0.1, 0.15) is 5.75 Å². The molecular formula is C17H12F2N2O3. The van der Waals surface area contributed by atoms with Crippen molar-refractivity contribution in [1.29, 1.82) is 0 Å². The molecule has 3 aromatic rings. The van der Waals surface area contributed by atoms with Crippen LogP contribution in [0, 0.1) is 0 Å². The minimum atomic E-state index is -2.90. The second-order valence-corrected chi connectivity index (χ2v) is 4.80. The summed E-state index contributed by atoms with van der Waals surface area (Å²) in [7, 11) is 0. The number of oxazole rings is 1. The number of amides is 1. The van der Waals surface area contributed by atoms with E-state index in [1.165, 1.54) is 30.7 Å². The molecule has 1 aromatic heterocycles. The van der Waals surface area contributed by atoms with Crippen molar-refractivity contribution in [1.82, 2.24) is 4.98 Å². The quantitative estimate of drug-likeness (QED) is 0.761. The van der Waals surface area contributed by atoms with Crippen LogP contribution in [0.1, 0.15) is 10.4 Å². The van der Waals surface area contributed by atoms with Crippen LogP contribution in [0.2, 0.25) is 0 Å². The first-order valence-electron chi connectivity index (χ1n) is 6.97. The highest BCUT2D eigenvalue weighted by Crippen LogP contribution is 2.22. The summed E-state index contributed by atoms with van der Waals surface area (Å²) in [6.45, 7) is -2.90. The van der Waals surface area contributed by atoms with Gasteiger partial charge in [-0.1, -0.05) is 12.1 Å². The van der Waals surface area contributed by atoms with Gasteiger partial charge in [-0.3, -0.25) is 4.79 Å². The predicted molar refractivity (Wildman–Crippen MR) is 83.0 cm³/mol. The standard InChI is InChI=1S/C17H12F2N2O3/c18-17(19)24-14-6-4-11(5-7-14)16(22)21-13-3-1-2-12(8-13)15-9-20-10-23-15/h1-10,17H,(H,21,22). The fourth-order valence-electron chi connectivity index (χ4n) is 2.10. The van der Waals surface area contributed by atoms with E-state index in [9.17, 15) is 13.6 Å². The van der Waals surface area contributed by atoms with Crippen LogP contribution in [-0.4, -0.2) is 17.5 Å². The van der Waals surface area contributed by atoms with E-state index in [1.807, 2.05) is 6.07 Å². The molecule has 0 radical (unpaired) electrons. The van der Waals surface area contributed by atoms with Gasteiger partial charge in [0.15, 0.2) is 12.2 Å². The molecule has 24 heavy (non-hydrogen) atoms. The lowest BCUT2D eigenvalue weighted by Crippen LogP contribution is -2.12. The smallest absolute Gasteiger partial charge is 0.387 e. The average molecular weight is 330 g/mol. The van der Waals surface area contributed by atoms with Gasteiger partial charge >= 0.3 is 6.61 Å². The largest absolute Gasteiger partial charge is 0.444 e. The highest BCUT2D eigenvalue weighted by molar-refractivity contribution is 6.04. The molecule has 122 valence electrons. The summed E-state index contributed by atoms with van der Waals surface area (Å²) >= 11 is 0. The Kier molecular flexibility index (Phi) is 4.51. The van der Waals surface area contributed by atoms with Crippen LogP contribution in [0.4, 0.5) is 14.5 Å². The molecule has 0 aliphatic heterocycles. The molecule has 2 aromatic carbocycles. The number of anilines is 1. The lowest BCUT2D eigenvalue weighted by molar-refractivity contribution is -0.0498. The Balaban J connectivity index is 1.72. The van der Waals surface area contributed by atoms with Crippen molar-refractivity contribution >= 4 is 11.6 Å². The maximum Gasteiger partial charge on any atom is 0.387 e. The zero-order valence-corrected chi connectivity index (χ0v) is 12.3. The van der Waals surface area contributed by atoms with E-state index in [-0.39, 0.29) is 11.7 Å². The Labute approximate surface area is 135 Å². The van der Waals surface area contributed by atoms with E-state index in [1.54, 1.807) is 24.4 Å². The van der Waals surface area contributed by atoms with Crippen LogP contribution in [0.25, 0.3) is 11.3 Å². The molecule has 0 saturated carbocycles. The number of nitrogens with zero attached hydrogens (tertiary/aromatic N) is 1. The van der Waals surface area contributed by atoms with Crippen LogP contribution in [0.3, 0.4) is 0 Å². The Bertz CT molecular complexity index is 818. The van der Waals surface area contributed by atoms with Crippen LogP contribution >= 0.6 is 0 Å². The maximum absolute atomic E-state index is 12.2. The van der Waals surface area contributed by atoms with Gasteiger partial charge in [-0.05, 0) is 36.4 Å². The third kappa shape index (κ3) is 3.75. The molecule has 7 heteroatoms. The lowest BCUT2D eigenvalue weighted by atomic mass is 10.1. The van der Waals surface area contributed by atoms with E-state index in [2.05, 4.69) is 15.0 Å². The fraction of sp³-hybridized carbons (Fsp3) is 0.0588. The number of aromatic nitrogens is 1. The second kappa shape index (κ2) is 6.91. The number of ether oxygens (including phenoxy) is 1. The summed E-state index contributed by atoms with van der Waals surface area (Å²) in [6, 6.07) is 12.5. The summed E-state index contributed by atoms with van der Waals surface area (Å²) in [5.41, 5.74) is 1.66. The van der Waals surface area contributed by atoms with E-state index in [0.29, 0.717) is 17.0 Å². The predicted octanol–water partition coefficient (Wildman–Crippen LogP) is 4.20. The Hall–Kier alpha value is -3.22. The first-order chi connectivity index (χ1) is 11.6. The van der Waals surface area contributed by atoms with Crippen molar-refractivity contribution in [2.75, 3.05) is 5.32 Å². The van der Waals surface area contributed by atoms with Crippen molar-refractivity contribution < 1.29 is 22.7 Å². The summed E-state index contributed by atoms with van der Waals surface area (Å²) in [6.07, 6.45) is 2.90. The number of carbonyl (C=O) groups excluding carboxylic acids is 1. The van der Waals surface area contributed by atoms with Gasteiger partial charge in [-0.25, -0.2) is 4.98 Å². The molecule has 0 spiro atoms. The summed E-state index contributed by atoms with van der Waals surface area (Å²) in [5, 5.41) is 2.73. The van der Waals surface area contributed by atoms with E-state index < -0.39 is 6.61 Å². The van der Waals surface area contributed by atoms with Crippen molar-refractivity contribution in [2.45, 2.75) is 6.61 Å². The number of benzene rings is 2. The molecule has 1 N–H and O–H groups in total.